The molecule has 0 aromatic heterocycles. The number of carbonyl (C=O) groups excluding carboxylic acids is 2. The Morgan fingerprint density at radius 2 is 2.21 bits per heavy atom. The molecule has 0 spiro atoms. The van der Waals surface area contributed by atoms with Crippen LogP contribution in [0.4, 0.5) is 5.69 Å². The molecule has 0 bridgehead atoms. The van der Waals surface area contributed by atoms with Crippen molar-refractivity contribution in [2.24, 2.45) is 4.99 Å². The van der Waals surface area contributed by atoms with Crippen molar-refractivity contribution in [3.05, 3.63) is 28.2 Å². The molecule has 2 amide bonds. The first kappa shape index (κ1) is 19.1. The lowest BCUT2D eigenvalue weighted by Gasteiger charge is -2.08. The van der Waals surface area contributed by atoms with Gasteiger partial charge in [-0.15, -0.1) is 0 Å². The summed E-state index contributed by atoms with van der Waals surface area (Å²) in [5, 5.41) is 6.14. The van der Waals surface area contributed by atoms with Gasteiger partial charge in [-0.1, -0.05) is 35.0 Å². The fourth-order valence-electron chi connectivity index (χ4n) is 2.03. The van der Waals surface area contributed by atoms with Crippen molar-refractivity contribution >= 4 is 57.6 Å². The van der Waals surface area contributed by atoms with E-state index in [1.54, 1.807) is 25.3 Å². The van der Waals surface area contributed by atoms with E-state index in [1.807, 2.05) is 6.92 Å². The molecule has 24 heavy (non-hydrogen) atoms. The number of hydrogen-bond acceptors (Lipinski definition) is 5. The Kier molecular flexibility index (Phi) is 6.91. The monoisotopic (exact) mass is 389 g/mol. The predicted octanol–water partition coefficient (Wildman–Crippen LogP) is 2.94. The van der Waals surface area contributed by atoms with Gasteiger partial charge < -0.3 is 15.4 Å². The van der Waals surface area contributed by atoms with Gasteiger partial charge in [0, 0.05) is 19.2 Å². The second-order valence-electron chi connectivity index (χ2n) is 5.22. The van der Waals surface area contributed by atoms with Crippen LogP contribution in [0.2, 0.25) is 10.0 Å². The lowest BCUT2D eigenvalue weighted by molar-refractivity contribution is -0.122. The molecule has 1 aliphatic heterocycles. The highest BCUT2D eigenvalue weighted by Gasteiger charge is 2.32. The van der Waals surface area contributed by atoms with Gasteiger partial charge in [-0.3, -0.25) is 14.6 Å². The number of nitrogens with zero attached hydrogens (tertiary/aromatic N) is 1. The van der Waals surface area contributed by atoms with Crippen molar-refractivity contribution in [2.45, 2.75) is 24.6 Å². The average molecular weight is 390 g/mol. The molecular weight excluding hydrogens is 373 g/mol. The van der Waals surface area contributed by atoms with Crippen LogP contribution < -0.4 is 10.6 Å². The summed E-state index contributed by atoms with van der Waals surface area (Å²) in [5.41, 5.74) is 0.528. The molecule has 1 heterocycles. The highest BCUT2D eigenvalue weighted by molar-refractivity contribution is 8.15. The maximum atomic E-state index is 12.1. The van der Waals surface area contributed by atoms with Gasteiger partial charge in [-0.25, -0.2) is 0 Å². The fraction of sp³-hybridized carbons (Fsp3) is 0.400. The van der Waals surface area contributed by atoms with Crippen molar-refractivity contribution in [3.8, 4) is 0 Å². The first-order valence-corrected chi connectivity index (χ1v) is 8.81. The van der Waals surface area contributed by atoms with E-state index in [4.69, 9.17) is 27.9 Å². The normalized spacial score (nSPS) is 20.1. The molecule has 2 atom stereocenters. The zero-order valence-electron chi connectivity index (χ0n) is 13.1. The number of amides is 2. The summed E-state index contributed by atoms with van der Waals surface area (Å²) in [6, 6.07) is 4.73. The summed E-state index contributed by atoms with van der Waals surface area (Å²) in [5.74, 6) is -0.514. The third-order valence-corrected chi connectivity index (χ3v) is 4.93. The number of rotatable bonds is 6. The second kappa shape index (κ2) is 8.71. The van der Waals surface area contributed by atoms with Gasteiger partial charge in [-0.2, -0.15) is 0 Å². The number of nitrogens with one attached hydrogen (secondary N) is 2. The Morgan fingerprint density at radius 1 is 1.46 bits per heavy atom. The number of benzene rings is 1. The molecule has 1 aliphatic rings. The maximum absolute atomic E-state index is 12.1. The highest BCUT2D eigenvalue weighted by atomic mass is 35.5. The summed E-state index contributed by atoms with van der Waals surface area (Å²) in [6.07, 6.45) is 0.0361. The number of carbonyl (C=O) groups is 2. The molecule has 2 N–H and O–H groups in total. The van der Waals surface area contributed by atoms with Crippen LogP contribution in [0.3, 0.4) is 0 Å². The molecule has 0 aliphatic carbocycles. The molecular formula is C15H17Cl2N3O3S. The van der Waals surface area contributed by atoms with Gasteiger partial charge in [0.25, 0.3) is 0 Å². The molecule has 2 rings (SSSR count). The van der Waals surface area contributed by atoms with Crippen LogP contribution in [0.25, 0.3) is 0 Å². The second-order valence-corrected chi connectivity index (χ2v) is 7.22. The number of amidine groups is 1. The summed E-state index contributed by atoms with van der Waals surface area (Å²) < 4.78 is 5.00. The van der Waals surface area contributed by atoms with E-state index in [0.29, 0.717) is 27.5 Å². The van der Waals surface area contributed by atoms with E-state index in [9.17, 15) is 9.59 Å². The summed E-state index contributed by atoms with van der Waals surface area (Å²) >= 11 is 13.0. The van der Waals surface area contributed by atoms with Crippen molar-refractivity contribution in [2.75, 3.05) is 19.0 Å². The number of thioether (sulfide) groups is 1. The van der Waals surface area contributed by atoms with Crippen molar-refractivity contribution in [3.63, 3.8) is 0 Å². The third-order valence-electron chi connectivity index (χ3n) is 3.10. The van der Waals surface area contributed by atoms with Crippen LogP contribution in [0.15, 0.2) is 23.2 Å². The van der Waals surface area contributed by atoms with Crippen LogP contribution in [-0.4, -0.2) is 42.0 Å². The van der Waals surface area contributed by atoms with Gasteiger partial charge in [0.15, 0.2) is 5.17 Å². The Morgan fingerprint density at radius 3 is 2.88 bits per heavy atom. The first-order valence-electron chi connectivity index (χ1n) is 7.18. The highest BCUT2D eigenvalue weighted by Crippen LogP contribution is 2.26. The van der Waals surface area contributed by atoms with Gasteiger partial charge in [0.1, 0.15) is 5.25 Å². The molecule has 130 valence electrons. The molecule has 1 aromatic rings. The number of methoxy groups -OCH3 is 1. The molecule has 6 nitrogen and oxygen atoms in total. The maximum Gasteiger partial charge on any atom is 0.240 e. The largest absolute Gasteiger partial charge is 0.382 e. The van der Waals surface area contributed by atoms with E-state index in [-0.39, 0.29) is 24.3 Å². The lowest BCUT2D eigenvalue weighted by atomic mass is 10.2. The SMILES string of the molecule is COC[C@H](C)N=C1NC(=O)[C@@H](CC(=O)Nc2ccc(Cl)c(Cl)c2)S1. The third kappa shape index (κ3) is 5.37. The molecule has 1 aromatic carbocycles. The number of ether oxygens (including phenoxy) is 1. The molecule has 9 heteroatoms. The topological polar surface area (TPSA) is 79.8 Å². The Balaban J connectivity index is 1.92. The number of anilines is 1. The Hall–Kier alpha value is -1.28. The van der Waals surface area contributed by atoms with Crippen LogP contribution in [0.5, 0.6) is 0 Å². The zero-order chi connectivity index (χ0) is 17.7. The van der Waals surface area contributed by atoms with Crippen molar-refractivity contribution < 1.29 is 14.3 Å². The summed E-state index contributed by atoms with van der Waals surface area (Å²) in [6.45, 7) is 2.34. The Bertz CT molecular complexity index is 669. The molecule has 0 unspecified atom stereocenters. The van der Waals surface area contributed by atoms with Crippen LogP contribution in [0, 0.1) is 0 Å². The summed E-state index contributed by atoms with van der Waals surface area (Å²) in [4.78, 5) is 28.4. The number of hydrogen-bond donors (Lipinski definition) is 2. The molecule has 0 radical (unpaired) electrons. The van der Waals surface area contributed by atoms with Crippen molar-refractivity contribution in [1.82, 2.24) is 5.32 Å². The zero-order valence-corrected chi connectivity index (χ0v) is 15.5. The minimum Gasteiger partial charge on any atom is -0.382 e. The van der Waals surface area contributed by atoms with Gasteiger partial charge in [0.2, 0.25) is 11.8 Å². The van der Waals surface area contributed by atoms with Crippen LogP contribution in [0.1, 0.15) is 13.3 Å². The van der Waals surface area contributed by atoms with Gasteiger partial charge in [0.05, 0.1) is 22.7 Å². The smallest absolute Gasteiger partial charge is 0.240 e. The molecule has 1 saturated heterocycles. The first-order chi connectivity index (χ1) is 11.4. The summed E-state index contributed by atoms with van der Waals surface area (Å²) in [7, 11) is 1.59. The van der Waals surface area contributed by atoms with Gasteiger partial charge in [-0.05, 0) is 25.1 Å². The van der Waals surface area contributed by atoms with E-state index in [0.717, 1.165) is 0 Å². The van der Waals surface area contributed by atoms with E-state index in [2.05, 4.69) is 15.6 Å². The van der Waals surface area contributed by atoms with Crippen LogP contribution >= 0.6 is 35.0 Å². The minimum atomic E-state index is -0.513. The van der Waals surface area contributed by atoms with E-state index < -0.39 is 5.25 Å². The van der Waals surface area contributed by atoms with E-state index in [1.165, 1.54) is 11.8 Å². The minimum absolute atomic E-state index is 0.0361. The van der Waals surface area contributed by atoms with Gasteiger partial charge >= 0.3 is 0 Å². The Labute approximate surface area is 154 Å². The lowest BCUT2D eigenvalue weighted by Crippen LogP contribution is -2.28. The molecule has 1 fully saturated rings. The number of halogens is 2. The fourth-order valence-corrected chi connectivity index (χ4v) is 3.40. The molecule has 0 saturated carbocycles. The van der Waals surface area contributed by atoms with E-state index >= 15 is 0 Å². The predicted molar refractivity (Wildman–Crippen MR) is 98.0 cm³/mol. The van der Waals surface area contributed by atoms with Crippen molar-refractivity contribution in [1.29, 1.82) is 0 Å². The quantitative estimate of drug-likeness (QED) is 0.783. The standard InChI is InChI=1S/C15H17Cl2N3O3S/c1-8(7-23-2)18-15-20-14(22)12(24-15)6-13(21)19-9-3-4-10(16)11(17)5-9/h3-5,8,12H,6-7H2,1-2H3,(H,19,21)(H,18,20,22)/t8-,12+/m0/s1. The van der Waals surface area contributed by atoms with Crippen LogP contribution in [-0.2, 0) is 14.3 Å². The average Bonchev–Trinajstić information content (AvgIpc) is 2.82. The number of aliphatic imine (C=N–C) groups is 1.